The summed E-state index contributed by atoms with van der Waals surface area (Å²) in [6.45, 7) is 4.50. The lowest BCUT2D eigenvalue weighted by Gasteiger charge is -2.03. The van der Waals surface area contributed by atoms with Gasteiger partial charge in [0, 0.05) is 19.8 Å². The zero-order chi connectivity index (χ0) is 11.6. The van der Waals surface area contributed by atoms with Crippen molar-refractivity contribution in [3.8, 4) is 0 Å². The first-order chi connectivity index (χ1) is 7.86. The van der Waals surface area contributed by atoms with Gasteiger partial charge in [-0.3, -0.25) is 0 Å². The van der Waals surface area contributed by atoms with Gasteiger partial charge in [-0.05, 0) is 12.8 Å². The summed E-state index contributed by atoms with van der Waals surface area (Å²) in [7, 11) is 0. The number of ether oxygens (including phenoxy) is 1. The highest BCUT2D eigenvalue weighted by Gasteiger charge is 2.02. The van der Waals surface area contributed by atoms with E-state index in [1.165, 1.54) is 6.42 Å². The van der Waals surface area contributed by atoms with Crippen molar-refractivity contribution in [3.63, 3.8) is 0 Å². The Morgan fingerprint density at radius 3 is 2.81 bits per heavy atom. The van der Waals surface area contributed by atoms with E-state index in [1.54, 1.807) is 0 Å². The molecule has 1 N–H and O–H groups in total. The van der Waals surface area contributed by atoms with Gasteiger partial charge in [-0.1, -0.05) is 18.4 Å². The molecule has 1 heterocycles. The second-order valence-electron chi connectivity index (χ2n) is 3.38. The molecule has 0 aromatic carbocycles. The quantitative estimate of drug-likeness (QED) is 0.536. The van der Waals surface area contributed by atoms with Gasteiger partial charge < -0.3 is 14.5 Å². The fraction of sp³-hybridized carbons (Fsp3) is 0.800. The Balaban J connectivity index is 1.98. The SMILES string of the molecule is CCCCOCCCNc1nnc(CCl)o1. The number of aromatic nitrogens is 2. The van der Waals surface area contributed by atoms with E-state index in [-0.39, 0.29) is 5.88 Å². The largest absolute Gasteiger partial charge is 0.407 e. The van der Waals surface area contributed by atoms with Gasteiger partial charge in [0.15, 0.2) is 0 Å². The van der Waals surface area contributed by atoms with Gasteiger partial charge in [0.1, 0.15) is 5.88 Å². The minimum absolute atomic E-state index is 0.245. The van der Waals surface area contributed by atoms with Crippen molar-refractivity contribution in [2.24, 2.45) is 0 Å². The van der Waals surface area contributed by atoms with Gasteiger partial charge in [-0.15, -0.1) is 16.7 Å². The monoisotopic (exact) mass is 247 g/mol. The first kappa shape index (κ1) is 13.3. The van der Waals surface area contributed by atoms with E-state index >= 15 is 0 Å². The smallest absolute Gasteiger partial charge is 0.315 e. The summed E-state index contributed by atoms with van der Waals surface area (Å²) >= 11 is 5.53. The second kappa shape index (κ2) is 8.35. The van der Waals surface area contributed by atoms with Crippen LogP contribution in [0.3, 0.4) is 0 Å². The Labute approximate surface area is 101 Å². The topological polar surface area (TPSA) is 60.2 Å². The summed E-state index contributed by atoms with van der Waals surface area (Å²) in [6.07, 6.45) is 3.21. The van der Waals surface area contributed by atoms with Crippen LogP contribution < -0.4 is 5.32 Å². The fourth-order valence-corrected chi connectivity index (χ4v) is 1.21. The molecule has 1 rings (SSSR count). The molecule has 0 aliphatic heterocycles. The predicted molar refractivity (Wildman–Crippen MR) is 62.7 cm³/mol. The molecule has 6 heteroatoms. The van der Waals surface area contributed by atoms with Crippen molar-refractivity contribution >= 4 is 17.6 Å². The summed E-state index contributed by atoms with van der Waals surface area (Å²) in [5, 5.41) is 10.5. The van der Waals surface area contributed by atoms with Crippen LogP contribution in [0.2, 0.25) is 0 Å². The van der Waals surface area contributed by atoms with Crippen molar-refractivity contribution in [3.05, 3.63) is 5.89 Å². The van der Waals surface area contributed by atoms with Crippen LogP contribution in [0, 0.1) is 0 Å². The summed E-state index contributed by atoms with van der Waals surface area (Å²) in [5.41, 5.74) is 0. The van der Waals surface area contributed by atoms with Gasteiger partial charge >= 0.3 is 6.01 Å². The predicted octanol–water partition coefficient (Wildman–Crippen LogP) is 2.43. The van der Waals surface area contributed by atoms with Gasteiger partial charge in [-0.25, -0.2) is 0 Å². The van der Waals surface area contributed by atoms with Crippen molar-refractivity contribution in [1.29, 1.82) is 0 Å². The molecule has 0 fully saturated rings. The molecule has 0 aliphatic rings. The number of nitrogens with zero attached hydrogens (tertiary/aromatic N) is 2. The van der Waals surface area contributed by atoms with Crippen LogP contribution in [-0.2, 0) is 10.6 Å². The third-order valence-corrected chi connectivity index (χ3v) is 2.19. The highest BCUT2D eigenvalue weighted by atomic mass is 35.5. The standard InChI is InChI=1S/C10H18ClN3O2/c1-2-3-6-15-7-4-5-12-10-14-13-9(8-11)16-10/h2-8H2,1H3,(H,12,14). The van der Waals surface area contributed by atoms with E-state index in [1.807, 2.05) is 0 Å². The molecule has 16 heavy (non-hydrogen) atoms. The lowest BCUT2D eigenvalue weighted by atomic mass is 10.4. The maximum absolute atomic E-state index is 5.53. The average molecular weight is 248 g/mol. The number of hydrogen-bond acceptors (Lipinski definition) is 5. The van der Waals surface area contributed by atoms with Crippen LogP contribution in [0.4, 0.5) is 6.01 Å². The number of anilines is 1. The third-order valence-electron chi connectivity index (χ3n) is 1.97. The Morgan fingerprint density at radius 2 is 2.12 bits per heavy atom. The van der Waals surface area contributed by atoms with E-state index in [0.29, 0.717) is 11.9 Å². The molecule has 5 nitrogen and oxygen atoms in total. The highest BCUT2D eigenvalue weighted by Crippen LogP contribution is 2.06. The maximum atomic E-state index is 5.53. The molecule has 0 saturated carbocycles. The lowest BCUT2D eigenvalue weighted by molar-refractivity contribution is 0.131. The van der Waals surface area contributed by atoms with Crippen LogP contribution in [-0.4, -0.2) is 30.0 Å². The van der Waals surface area contributed by atoms with E-state index < -0.39 is 0 Å². The molecule has 0 radical (unpaired) electrons. The van der Waals surface area contributed by atoms with Gasteiger partial charge in [-0.2, -0.15) is 0 Å². The van der Waals surface area contributed by atoms with Gasteiger partial charge in [0.05, 0.1) is 0 Å². The third kappa shape index (κ3) is 5.32. The molecule has 0 saturated heterocycles. The van der Waals surface area contributed by atoms with Crippen LogP contribution in [0.1, 0.15) is 32.1 Å². The van der Waals surface area contributed by atoms with Crippen LogP contribution in [0.25, 0.3) is 0 Å². The molecule has 92 valence electrons. The lowest BCUT2D eigenvalue weighted by Crippen LogP contribution is -2.06. The summed E-state index contributed by atoms with van der Waals surface area (Å²) in [5.74, 6) is 0.679. The van der Waals surface area contributed by atoms with Gasteiger partial charge in [0.2, 0.25) is 5.89 Å². The molecule has 0 unspecified atom stereocenters. The normalized spacial score (nSPS) is 10.6. The van der Waals surface area contributed by atoms with E-state index in [4.69, 9.17) is 20.8 Å². The first-order valence-corrected chi connectivity index (χ1v) is 6.10. The van der Waals surface area contributed by atoms with E-state index in [0.717, 1.165) is 32.6 Å². The molecule has 0 amide bonds. The van der Waals surface area contributed by atoms with Gasteiger partial charge in [0.25, 0.3) is 0 Å². The Bertz CT molecular complexity index is 281. The number of halogens is 1. The molecular formula is C10H18ClN3O2. The number of nitrogens with one attached hydrogen (secondary N) is 1. The summed E-state index contributed by atoms with van der Waals surface area (Å²) in [4.78, 5) is 0. The fourth-order valence-electron chi connectivity index (χ4n) is 1.10. The number of unbranched alkanes of at least 4 members (excludes halogenated alkanes) is 1. The summed E-state index contributed by atoms with van der Waals surface area (Å²) in [6, 6.07) is 0.421. The minimum Gasteiger partial charge on any atom is -0.407 e. The van der Waals surface area contributed by atoms with Crippen molar-refractivity contribution in [2.75, 3.05) is 25.1 Å². The van der Waals surface area contributed by atoms with E-state index in [2.05, 4.69) is 22.4 Å². The maximum Gasteiger partial charge on any atom is 0.315 e. The second-order valence-corrected chi connectivity index (χ2v) is 3.65. The van der Waals surface area contributed by atoms with E-state index in [9.17, 15) is 0 Å². The molecule has 0 bridgehead atoms. The molecule has 0 atom stereocenters. The zero-order valence-electron chi connectivity index (χ0n) is 9.54. The first-order valence-electron chi connectivity index (χ1n) is 5.56. The van der Waals surface area contributed by atoms with Crippen LogP contribution in [0.15, 0.2) is 4.42 Å². The molecule has 1 aromatic heterocycles. The number of hydrogen-bond donors (Lipinski definition) is 1. The average Bonchev–Trinajstić information content (AvgIpc) is 2.76. The summed E-state index contributed by atoms with van der Waals surface area (Å²) < 4.78 is 10.6. The Morgan fingerprint density at radius 1 is 1.31 bits per heavy atom. The van der Waals surface area contributed by atoms with Crippen molar-refractivity contribution in [2.45, 2.75) is 32.1 Å². The highest BCUT2D eigenvalue weighted by molar-refractivity contribution is 6.16. The van der Waals surface area contributed by atoms with Crippen molar-refractivity contribution < 1.29 is 9.15 Å². The Kier molecular flexibility index (Phi) is 6.92. The minimum atomic E-state index is 0.245. The zero-order valence-corrected chi connectivity index (χ0v) is 10.3. The van der Waals surface area contributed by atoms with Crippen LogP contribution >= 0.6 is 11.6 Å². The van der Waals surface area contributed by atoms with Crippen LogP contribution in [0.5, 0.6) is 0 Å². The molecular weight excluding hydrogens is 230 g/mol. The van der Waals surface area contributed by atoms with Crippen molar-refractivity contribution in [1.82, 2.24) is 10.2 Å². The number of alkyl halides is 1. The molecule has 0 spiro atoms. The molecule has 0 aliphatic carbocycles. The molecule has 1 aromatic rings. The Hall–Kier alpha value is -0.810. The number of rotatable bonds is 9.